The summed E-state index contributed by atoms with van der Waals surface area (Å²) in [6, 6.07) is 13.0. The highest BCUT2D eigenvalue weighted by Gasteiger charge is 2.29. The minimum absolute atomic E-state index is 0.0282. The van der Waals surface area contributed by atoms with Crippen molar-refractivity contribution in [1.29, 1.82) is 0 Å². The SMILES string of the molecule is C=CCN(c1ccccc1OC)S(=O)(=O)c1cccc(C(=O)N2C[C@H](C)O[C@@H](C)C2)c1. The van der Waals surface area contributed by atoms with Gasteiger partial charge in [0.2, 0.25) is 0 Å². The molecule has 0 aromatic heterocycles. The lowest BCUT2D eigenvalue weighted by Crippen LogP contribution is -2.48. The maximum atomic E-state index is 13.5. The Morgan fingerprint density at radius 1 is 1.19 bits per heavy atom. The third kappa shape index (κ3) is 4.91. The first-order chi connectivity index (χ1) is 14.8. The van der Waals surface area contributed by atoms with Crippen LogP contribution in [-0.2, 0) is 14.8 Å². The summed E-state index contributed by atoms with van der Waals surface area (Å²) in [6.45, 7) is 8.50. The summed E-state index contributed by atoms with van der Waals surface area (Å²) in [5.41, 5.74) is 0.721. The number of methoxy groups -OCH3 is 1. The van der Waals surface area contributed by atoms with E-state index in [9.17, 15) is 13.2 Å². The molecule has 1 heterocycles. The molecular formula is C23H28N2O5S. The second kappa shape index (κ2) is 9.53. The smallest absolute Gasteiger partial charge is 0.264 e. The number of ether oxygens (including phenoxy) is 2. The molecule has 0 unspecified atom stereocenters. The zero-order chi connectivity index (χ0) is 22.6. The molecule has 1 amide bonds. The summed E-state index contributed by atoms with van der Waals surface area (Å²) in [6.07, 6.45) is 1.36. The van der Waals surface area contributed by atoms with Crippen molar-refractivity contribution in [1.82, 2.24) is 4.90 Å². The number of anilines is 1. The molecule has 8 heteroatoms. The Labute approximate surface area is 183 Å². The monoisotopic (exact) mass is 444 g/mol. The fraction of sp³-hybridized carbons (Fsp3) is 0.348. The predicted molar refractivity (Wildman–Crippen MR) is 120 cm³/mol. The molecule has 1 fully saturated rings. The Kier molecular flexibility index (Phi) is 7.02. The molecule has 7 nitrogen and oxygen atoms in total. The zero-order valence-corrected chi connectivity index (χ0v) is 18.8. The van der Waals surface area contributed by atoms with E-state index in [1.54, 1.807) is 41.3 Å². The standard InChI is InChI=1S/C23H28N2O5S/c1-5-13-25(21-11-6-7-12-22(21)29-4)31(27,28)20-10-8-9-19(14-20)23(26)24-15-17(2)30-18(3)16-24/h5-12,14,17-18H,1,13,15-16H2,2-4H3/t17-,18-/m0/s1. The van der Waals surface area contributed by atoms with E-state index >= 15 is 0 Å². The predicted octanol–water partition coefficient (Wildman–Crippen LogP) is 3.33. The Morgan fingerprint density at radius 3 is 2.52 bits per heavy atom. The molecule has 2 aromatic carbocycles. The first-order valence-electron chi connectivity index (χ1n) is 10.1. The summed E-state index contributed by atoms with van der Waals surface area (Å²) in [7, 11) is -2.48. The first kappa shape index (κ1) is 22.8. The average Bonchev–Trinajstić information content (AvgIpc) is 2.76. The van der Waals surface area contributed by atoms with Crippen LogP contribution in [0.15, 0.2) is 66.1 Å². The number of carbonyl (C=O) groups excluding carboxylic acids is 1. The number of morpholine rings is 1. The van der Waals surface area contributed by atoms with Crippen LogP contribution in [0.25, 0.3) is 0 Å². The van der Waals surface area contributed by atoms with Crippen LogP contribution in [0.5, 0.6) is 5.75 Å². The van der Waals surface area contributed by atoms with Crippen molar-refractivity contribution in [3.63, 3.8) is 0 Å². The number of para-hydroxylation sites is 2. The summed E-state index contributed by atoms with van der Waals surface area (Å²) < 4.78 is 39.3. The molecule has 3 rings (SSSR count). The molecule has 1 aliphatic rings. The molecule has 0 radical (unpaired) electrons. The molecule has 0 bridgehead atoms. The van der Waals surface area contributed by atoms with Gasteiger partial charge in [-0.1, -0.05) is 24.3 Å². The number of amides is 1. The van der Waals surface area contributed by atoms with Gasteiger partial charge < -0.3 is 14.4 Å². The van der Waals surface area contributed by atoms with E-state index in [1.807, 2.05) is 13.8 Å². The minimum Gasteiger partial charge on any atom is -0.495 e. The van der Waals surface area contributed by atoms with Crippen molar-refractivity contribution in [3.05, 3.63) is 66.7 Å². The van der Waals surface area contributed by atoms with E-state index in [0.29, 0.717) is 30.1 Å². The number of hydrogen-bond donors (Lipinski definition) is 0. The third-order valence-corrected chi connectivity index (χ3v) is 6.80. The summed E-state index contributed by atoms with van der Waals surface area (Å²) in [5, 5.41) is 0. The highest BCUT2D eigenvalue weighted by molar-refractivity contribution is 7.92. The highest BCUT2D eigenvalue weighted by atomic mass is 32.2. The van der Waals surface area contributed by atoms with Crippen LogP contribution >= 0.6 is 0 Å². The van der Waals surface area contributed by atoms with E-state index in [2.05, 4.69) is 6.58 Å². The van der Waals surface area contributed by atoms with Gasteiger partial charge in [-0.15, -0.1) is 6.58 Å². The lowest BCUT2D eigenvalue weighted by Gasteiger charge is -2.35. The van der Waals surface area contributed by atoms with Gasteiger partial charge in [-0.25, -0.2) is 8.42 Å². The number of benzene rings is 2. The van der Waals surface area contributed by atoms with Crippen LogP contribution in [0.4, 0.5) is 5.69 Å². The van der Waals surface area contributed by atoms with Crippen molar-refractivity contribution in [3.8, 4) is 5.75 Å². The Balaban J connectivity index is 1.97. The third-order valence-electron chi connectivity index (χ3n) is 5.02. The van der Waals surface area contributed by atoms with E-state index in [0.717, 1.165) is 0 Å². The molecule has 2 aromatic rings. The summed E-state index contributed by atoms with van der Waals surface area (Å²) in [4.78, 5) is 14.8. The molecule has 0 N–H and O–H groups in total. The zero-order valence-electron chi connectivity index (χ0n) is 18.0. The number of carbonyl (C=O) groups is 1. The van der Waals surface area contributed by atoms with Crippen molar-refractivity contribution >= 4 is 21.6 Å². The number of rotatable bonds is 7. The van der Waals surface area contributed by atoms with E-state index in [1.165, 1.54) is 29.6 Å². The van der Waals surface area contributed by atoms with Gasteiger partial charge in [-0.3, -0.25) is 9.10 Å². The van der Waals surface area contributed by atoms with Gasteiger partial charge in [0, 0.05) is 18.7 Å². The minimum atomic E-state index is -3.97. The quantitative estimate of drug-likeness (QED) is 0.613. The van der Waals surface area contributed by atoms with Crippen molar-refractivity contribution < 1.29 is 22.7 Å². The lowest BCUT2D eigenvalue weighted by molar-refractivity contribution is -0.0586. The molecule has 0 aliphatic carbocycles. The molecular weight excluding hydrogens is 416 g/mol. The van der Waals surface area contributed by atoms with E-state index < -0.39 is 10.0 Å². The molecule has 1 saturated heterocycles. The number of nitrogens with zero attached hydrogens (tertiary/aromatic N) is 2. The van der Waals surface area contributed by atoms with Crippen LogP contribution in [0.1, 0.15) is 24.2 Å². The topological polar surface area (TPSA) is 76.2 Å². The molecule has 166 valence electrons. The fourth-order valence-corrected chi connectivity index (χ4v) is 5.21. The summed E-state index contributed by atoms with van der Waals surface area (Å²) >= 11 is 0. The van der Waals surface area contributed by atoms with Crippen LogP contribution in [0.2, 0.25) is 0 Å². The average molecular weight is 445 g/mol. The second-order valence-corrected chi connectivity index (χ2v) is 9.35. The lowest BCUT2D eigenvalue weighted by atomic mass is 10.1. The largest absolute Gasteiger partial charge is 0.495 e. The Morgan fingerprint density at radius 2 is 1.87 bits per heavy atom. The summed E-state index contributed by atoms with van der Waals surface area (Å²) in [5.74, 6) is 0.211. The highest BCUT2D eigenvalue weighted by Crippen LogP contribution is 2.32. The first-order valence-corrected chi connectivity index (χ1v) is 11.5. The Bertz CT molecular complexity index is 1040. The molecule has 0 saturated carbocycles. The molecule has 2 atom stereocenters. The van der Waals surface area contributed by atoms with E-state index in [4.69, 9.17) is 9.47 Å². The van der Waals surface area contributed by atoms with Gasteiger partial charge in [-0.2, -0.15) is 0 Å². The van der Waals surface area contributed by atoms with Crippen LogP contribution in [0.3, 0.4) is 0 Å². The maximum Gasteiger partial charge on any atom is 0.264 e. The molecule has 1 aliphatic heterocycles. The fourth-order valence-electron chi connectivity index (χ4n) is 3.72. The maximum absolute atomic E-state index is 13.5. The van der Waals surface area contributed by atoms with Crippen LogP contribution in [0, 0.1) is 0 Å². The van der Waals surface area contributed by atoms with Gasteiger partial charge in [0.05, 0.1) is 36.4 Å². The van der Waals surface area contributed by atoms with E-state index in [-0.39, 0.29) is 29.6 Å². The Hall–Kier alpha value is -2.84. The normalized spacial score (nSPS) is 19.0. The van der Waals surface area contributed by atoms with Gasteiger partial charge in [0.15, 0.2) is 0 Å². The van der Waals surface area contributed by atoms with Gasteiger partial charge >= 0.3 is 0 Å². The van der Waals surface area contributed by atoms with Gasteiger partial charge in [-0.05, 0) is 44.2 Å². The van der Waals surface area contributed by atoms with Gasteiger partial charge in [0.1, 0.15) is 5.75 Å². The van der Waals surface area contributed by atoms with Crippen molar-refractivity contribution in [2.45, 2.75) is 31.0 Å². The van der Waals surface area contributed by atoms with Crippen molar-refractivity contribution in [2.24, 2.45) is 0 Å². The number of hydrogen-bond acceptors (Lipinski definition) is 5. The van der Waals surface area contributed by atoms with Gasteiger partial charge in [0.25, 0.3) is 15.9 Å². The van der Waals surface area contributed by atoms with Crippen LogP contribution < -0.4 is 9.04 Å². The van der Waals surface area contributed by atoms with Crippen LogP contribution in [-0.4, -0.2) is 58.2 Å². The number of sulfonamides is 1. The molecule has 0 spiro atoms. The second-order valence-electron chi connectivity index (χ2n) is 7.49. The molecule has 31 heavy (non-hydrogen) atoms. The van der Waals surface area contributed by atoms with Crippen molar-refractivity contribution in [2.75, 3.05) is 31.0 Å².